The number of unbranched alkanes of at least 4 members (excludes halogenated alkanes) is 2. The van der Waals surface area contributed by atoms with Gasteiger partial charge in [0.05, 0.1) is 0 Å². The Morgan fingerprint density at radius 3 is 1.53 bits per heavy atom. The van der Waals surface area contributed by atoms with Gasteiger partial charge in [-0.05, 0) is 0 Å². The van der Waals surface area contributed by atoms with Crippen molar-refractivity contribution in [1.29, 1.82) is 0 Å². The van der Waals surface area contributed by atoms with Crippen LogP contribution in [0.3, 0.4) is 0 Å². The van der Waals surface area contributed by atoms with Gasteiger partial charge in [0, 0.05) is 0 Å². The van der Waals surface area contributed by atoms with Crippen molar-refractivity contribution in [2.45, 2.75) is 66.2 Å². The zero-order valence-electron chi connectivity index (χ0n) is 19.3. The van der Waals surface area contributed by atoms with E-state index in [0.717, 1.165) is 13.1 Å². The Bertz CT molecular complexity index is 791. The molecule has 1 aliphatic rings. The molecule has 30 heavy (non-hydrogen) atoms. The topological polar surface area (TPSA) is 18.5 Å². The van der Waals surface area contributed by atoms with Gasteiger partial charge in [-0.25, -0.2) is 0 Å². The monoisotopic (exact) mass is 473 g/mol. The Morgan fingerprint density at radius 2 is 1.10 bits per heavy atom. The number of hydrogen-bond donors (Lipinski definition) is 1. The van der Waals surface area contributed by atoms with E-state index in [4.69, 9.17) is 0 Å². The Kier molecular flexibility index (Phi) is 8.96. The summed E-state index contributed by atoms with van der Waals surface area (Å²) in [7, 11) is 0. The molecule has 1 N–H and O–H groups in total. The average Bonchev–Trinajstić information content (AvgIpc) is 2.77. The number of anilines is 4. The number of hydrogen-bond acceptors (Lipinski definition) is 3. The minimum atomic E-state index is 0.340. The van der Waals surface area contributed by atoms with Gasteiger partial charge in [-0.15, -0.1) is 0 Å². The van der Waals surface area contributed by atoms with Crippen LogP contribution in [-0.4, -0.2) is 41.1 Å². The molecular weight excluding hydrogens is 433 g/mol. The third-order valence-electron chi connectivity index (χ3n) is 5.70. The van der Waals surface area contributed by atoms with Crippen molar-refractivity contribution < 1.29 is 0 Å². The molecule has 0 atom stereocenters. The normalized spacial score (nSPS) is 12.1. The predicted molar refractivity (Wildman–Crippen MR) is 136 cm³/mol. The van der Waals surface area contributed by atoms with E-state index in [-0.39, 0.29) is 0 Å². The van der Waals surface area contributed by atoms with Gasteiger partial charge < -0.3 is 0 Å². The van der Waals surface area contributed by atoms with Crippen molar-refractivity contribution in [1.82, 2.24) is 0 Å². The predicted octanol–water partition coefficient (Wildman–Crippen LogP) is 5.43. The second-order valence-corrected chi connectivity index (χ2v) is 10.5. The molecule has 0 bridgehead atoms. The molecule has 0 fully saturated rings. The quantitative estimate of drug-likeness (QED) is 0.355. The summed E-state index contributed by atoms with van der Waals surface area (Å²) in [5.41, 5.74) is 5.37. The molecule has 4 heteroatoms. The van der Waals surface area contributed by atoms with Crippen LogP contribution in [0.15, 0.2) is 36.4 Å². The molecule has 0 saturated heterocycles. The molecule has 0 aromatic heterocycles. The van der Waals surface area contributed by atoms with Crippen LogP contribution in [0.25, 0.3) is 0 Å². The summed E-state index contributed by atoms with van der Waals surface area (Å²) in [5, 5.41) is 3.70. The third kappa shape index (κ3) is 5.74. The molecule has 0 saturated carbocycles. The number of rotatable bonds is 12. The van der Waals surface area contributed by atoms with E-state index >= 15 is 0 Å². The van der Waals surface area contributed by atoms with E-state index in [1.165, 1.54) is 83.3 Å². The molecule has 163 valence electrons. The zero-order chi connectivity index (χ0) is 21.3. The first-order valence-electron chi connectivity index (χ1n) is 11.9. The zero-order valence-corrected chi connectivity index (χ0v) is 21.1. The maximum absolute atomic E-state index is 3.70. The van der Waals surface area contributed by atoms with Gasteiger partial charge in [-0.2, -0.15) is 0 Å². The summed E-state index contributed by atoms with van der Waals surface area (Å²) >= 11 is 0.340. The summed E-state index contributed by atoms with van der Waals surface area (Å²) in [6, 6.07) is 14.1. The summed E-state index contributed by atoms with van der Waals surface area (Å²) in [6.45, 7) is 13.7. The molecule has 0 amide bonds. The van der Waals surface area contributed by atoms with Crippen LogP contribution in [0.1, 0.15) is 66.2 Å². The molecule has 3 nitrogen and oxygen atoms in total. The Hall–Kier alpha value is -1.64. The van der Waals surface area contributed by atoms with Crippen molar-refractivity contribution in [3.63, 3.8) is 0 Å². The SMILES string of the molecule is CCCCN(CCCC)c1ccc2c(c1)[Se+]c1cc(N(CCC)CCC)ccc1N2. The first-order valence-corrected chi connectivity index (χ1v) is 13.6. The van der Waals surface area contributed by atoms with Crippen LogP contribution >= 0.6 is 0 Å². The second-order valence-electron chi connectivity index (χ2n) is 8.27. The third-order valence-corrected chi connectivity index (χ3v) is 8.04. The van der Waals surface area contributed by atoms with Gasteiger partial charge in [-0.1, -0.05) is 0 Å². The van der Waals surface area contributed by atoms with E-state index in [0.29, 0.717) is 15.0 Å². The van der Waals surface area contributed by atoms with Crippen molar-refractivity contribution in [3.05, 3.63) is 36.4 Å². The summed E-state index contributed by atoms with van der Waals surface area (Å²) < 4.78 is 2.97. The Labute approximate surface area is 190 Å². The van der Waals surface area contributed by atoms with Crippen LogP contribution < -0.4 is 24.0 Å². The number of nitrogens with zero attached hydrogens (tertiary/aromatic N) is 2. The van der Waals surface area contributed by atoms with Crippen LogP contribution in [-0.2, 0) is 0 Å². The van der Waals surface area contributed by atoms with E-state index in [1.807, 2.05) is 0 Å². The first kappa shape index (κ1) is 23.0. The molecule has 0 aliphatic carbocycles. The van der Waals surface area contributed by atoms with E-state index in [1.54, 1.807) is 0 Å². The first-order chi connectivity index (χ1) is 14.7. The van der Waals surface area contributed by atoms with Crippen molar-refractivity contribution in [2.24, 2.45) is 0 Å². The van der Waals surface area contributed by atoms with E-state index in [2.05, 4.69) is 79.2 Å². The molecule has 1 radical (unpaired) electrons. The van der Waals surface area contributed by atoms with E-state index < -0.39 is 0 Å². The molecule has 2 aromatic carbocycles. The van der Waals surface area contributed by atoms with Gasteiger partial charge in [0.25, 0.3) is 0 Å². The van der Waals surface area contributed by atoms with Gasteiger partial charge >= 0.3 is 191 Å². The fourth-order valence-corrected chi connectivity index (χ4v) is 6.24. The molecule has 1 heterocycles. The standard InChI is InChI=1S/C26H39N3Se/c1-5-9-17-29(18-10-6-2)22-12-14-24-26(20-22)30-25-19-21(11-13-23(25)27-24)28(15-7-3)16-8-4/h11-14,19-20,27H,5-10,15-18H2,1-4H3/q+1. The van der Waals surface area contributed by atoms with Crippen LogP contribution in [0.5, 0.6) is 0 Å². The van der Waals surface area contributed by atoms with Gasteiger partial charge in [0.15, 0.2) is 0 Å². The number of benzene rings is 2. The van der Waals surface area contributed by atoms with E-state index in [9.17, 15) is 0 Å². The van der Waals surface area contributed by atoms with Crippen molar-refractivity contribution in [2.75, 3.05) is 41.3 Å². The summed E-state index contributed by atoms with van der Waals surface area (Å²) in [6.07, 6.45) is 7.42. The van der Waals surface area contributed by atoms with Gasteiger partial charge in [0.1, 0.15) is 0 Å². The summed E-state index contributed by atoms with van der Waals surface area (Å²) in [5.74, 6) is 0. The second kappa shape index (κ2) is 11.7. The minimum absolute atomic E-state index is 0.340. The Morgan fingerprint density at radius 1 is 0.633 bits per heavy atom. The van der Waals surface area contributed by atoms with Crippen LogP contribution in [0.4, 0.5) is 22.7 Å². The molecule has 1 aliphatic heterocycles. The van der Waals surface area contributed by atoms with Crippen LogP contribution in [0, 0.1) is 0 Å². The molecule has 0 unspecified atom stereocenters. The fraction of sp³-hybridized carbons (Fsp3) is 0.538. The summed E-state index contributed by atoms with van der Waals surface area (Å²) in [4.78, 5) is 5.14. The molecule has 0 spiro atoms. The van der Waals surface area contributed by atoms with Crippen molar-refractivity contribution in [3.8, 4) is 0 Å². The molecule has 3 rings (SSSR count). The maximum atomic E-state index is 3.70. The van der Waals surface area contributed by atoms with Crippen LogP contribution in [0.2, 0.25) is 0 Å². The van der Waals surface area contributed by atoms with Gasteiger partial charge in [-0.3, -0.25) is 0 Å². The van der Waals surface area contributed by atoms with Crippen molar-refractivity contribution >= 4 is 46.6 Å². The number of fused-ring (bicyclic) bond motifs is 2. The van der Waals surface area contributed by atoms with Gasteiger partial charge in [0.2, 0.25) is 0 Å². The molecule has 2 aromatic rings. The average molecular weight is 473 g/mol. The number of nitrogens with one attached hydrogen (secondary N) is 1. The molecular formula is C26H39N3Se+. The fourth-order valence-electron chi connectivity index (χ4n) is 4.03. The Balaban J connectivity index is 1.82.